The standard InChI is InChI=1S/C59H86N2O18/c1-35-18-15-13-11-9-7-5-6-8-10-12-14-16-21-47(78-59-56(74)54(61)55(73)38(4)77-59)33-51(71)53(58(75)76)50(70)31-46(67)30-45(66)29-44(65)28-43(64)27-41(62)19-17-20-42(63)32-52(72)79-57(35)37(3)26-36(2)48(68)34-49(69)39-22-24-40(60)25-23-39/h5-16,18,21-25,35-38,42-45,47-48,50-51,53-57,59,63-66,68,70-71,73-74H,17,19-20,26-34,60-61H2,1-4H3,(H,75,76). The van der Waals surface area contributed by atoms with Gasteiger partial charge in [-0.15, -0.1) is 0 Å². The lowest BCUT2D eigenvalue weighted by atomic mass is 9.83. The minimum Gasteiger partial charge on any atom is -0.481 e. The predicted molar refractivity (Wildman–Crippen MR) is 294 cm³/mol. The lowest BCUT2D eigenvalue weighted by Gasteiger charge is -2.41. The fraction of sp³-hybridized carbons (Fsp3) is 0.576. The van der Waals surface area contributed by atoms with Crippen molar-refractivity contribution >= 4 is 35.0 Å². The van der Waals surface area contributed by atoms with E-state index in [1.165, 1.54) is 19.1 Å². The number of aliphatic carboxylic acids is 1. The Kier molecular flexibility index (Phi) is 30.5. The number of carbonyl (C=O) groups excluding carboxylic acids is 4. The molecule has 0 amide bonds. The fourth-order valence-electron chi connectivity index (χ4n) is 9.47. The number of aliphatic hydroxyl groups is 9. The van der Waals surface area contributed by atoms with Crippen molar-refractivity contribution in [3.8, 4) is 0 Å². The van der Waals surface area contributed by atoms with Crippen molar-refractivity contribution in [1.29, 1.82) is 0 Å². The molecule has 1 aromatic carbocycles. The van der Waals surface area contributed by atoms with Crippen LogP contribution in [-0.2, 0) is 33.4 Å². The van der Waals surface area contributed by atoms with Crippen LogP contribution in [0.1, 0.15) is 115 Å². The molecule has 1 aromatic rings. The molecule has 0 aromatic heterocycles. The third kappa shape index (κ3) is 25.3. The van der Waals surface area contributed by atoms with Gasteiger partial charge in [0.25, 0.3) is 0 Å². The molecule has 14 N–H and O–H groups in total. The van der Waals surface area contributed by atoms with Gasteiger partial charge in [-0.25, -0.2) is 0 Å². The van der Waals surface area contributed by atoms with Crippen molar-refractivity contribution < 1.29 is 89.2 Å². The Balaban J connectivity index is 1.82. The molecule has 1 saturated heterocycles. The monoisotopic (exact) mass is 1110 g/mol. The van der Waals surface area contributed by atoms with Crippen molar-refractivity contribution in [3.63, 3.8) is 0 Å². The average molecular weight is 1110 g/mol. The van der Waals surface area contributed by atoms with Gasteiger partial charge >= 0.3 is 11.9 Å². The van der Waals surface area contributed by atoms with Crippen LogP contribution in [0.5, 0.6) is 0 Å². The van der Waals surface area contributed by atoms with Gasteiger partial charge in [0, 0.05) is 55.7 Å². The van der Waals surface area contributed by atoms with Crippen LogP contribution in [0.2, 0.25) is 0 Å². The number of nitrogen functional groups attached to an aromatic ring is 1. The van der Waals surface area contributed by atoms with Gasteiger partial charge in [-0.2, -0.15) is 0 Å². The molecular weight excluding hydrogens is 1020 g/mol. The zero-order valence-electron chi connectivity index (χ0n) is 45.7. The third-order valence-electron chi connectivity index (χ3n) is 14.0. The summed E-state index contributed by atoms with van der Waals surface area (Å²) in [6.07, 6.45) is 3.96. The van der Waals surface area contributed by atoms with Crippen molar-refractivity contribution in [2.24, 2.45) is 29.4 Å². The van der Waals surface area contributed by atoms with Crippen LogP contribution in [0.25, 0.3) is 0 Å². The first kappa shape index (κ1) is 67.9. The van der Waals surface area contributed by atoms with Crippen LogP contribution >= 0.6 is 0 Å². The molecule has 2 heterocycles. The van der Waals surface area contributed by atoms with E-state index in [0.29, 0.717) is 17.7 Å². The number of benzene rings is 1. The lowest BCUT2D eigenvalue weighted by molar-refractivity contribution is -0.277. The van der Waals surface area contributed by atoms with E-state index < -0.39 is 141 Å². The Morgan fingerprint density at radius 3 is 1.80 bits per heavy atom. The van der Waals surface area contributed by atoms with Crippen LogP contribution in [0.4, 0.5) is 5.69 Å². The first-order valence-corrected chi connectivity index (χ1v) is 27.1. The number of carboxylic acid groups (broad SMARTS) is 1. The second-order valence-electron chi connectivity index (χ2n) is 21.1. The fourth-order valence-corrected chi connectivity index (χ4v) is 9.47. The SMILES string of the molecule is CC1C=CC=CC=CC=CC=CC=CC=CC(OC2OC(C)C(O)C(N)C2O)CC(O)C(C(=O)O)C(O)CC(=O)CC(O)CC(O)CC(O)CC(=O)CCCC(O)CC(=O)OC1C(C)CC(C)C(O)CC(=O)c1ccc(N)cc1. The third-order valence-corrected chi connectivity index (χ3v) is 14.0. The number of rotatable bonds is 10. The molecule has 20 heteroatoms. The van der Waals surface area contributed by atoms with Crippen LogP contribution in [0, 0.1) is 23.7 Å². The number of esters is 1. The van der Waals surface area contributed by atoms with Gasteiger partial charge in [0.15, 0.2) is 12.1 Å². The number of ketones is 3. The van der Waals surface area contributed by atoms with Crippen LogP contribution in [-0.4, -0.2) is 166 Å². The highest BCUT2D eigenvalue weighted by Crippen LogP contribution is 2.29. The molecule has 18 atom stereocenters. The molecule has 440 valence electrons. The highest BCUT2D eigenvalue weighted by molar-refractivity contribution is 5.96. The average Bonchev–Trinajstić information content (AvgIpc) is 3.36. The highest BCUT2D eigenvalue weighted by atomic mass is 16.7. The second-order valence-corrected chi connectivity index (χ2v) is 21.1. The Morgan fingerprint density at radius 1 is 0.684 bits per heavy atom. The molecule has 79 heavy (non-hydrogen) atoms. The number of carboxylic acids is 1. The first-order valence-electron chi connectivity index (χ1n) is 27.1. The van der Waals surface area contributed by atoms with Crippen molar-refractivity contribution in [2.75, 3.05) is 5.73 Å². The maximum atomic E-state index is 13.3. The topological polar surface area (TPSA) is 367 Å². The zero-order chi connectivity index (χ0) is 58.8. The normalized spacial score (nSPS) is 32.8. The quantitative estimate of drug-likeness (QED) is 0.0907. The van der Waals surface area contributed by atoms with Gasteiger partial charge < -0.3 is 76.7 Å². The smallest absolute Gasteiger partial charge is 0.311 e. The summed E-state index contributed by atoms with van der Waals surface area (Å²) >= 11 is 0. The summed E-state index contributed by atoms with van der Waals surface area (Å²) in [5.41, 5.74) is 12.7. The van der Waals surface area contributed by atoms with E-state index in [1.807, 2.05) is 26.8 Å². The Labute approximate surface area is 463 Å². The van der Waals surface area contributed by atoms with Gasteiger partial charge in [-0.05, 0) is 75.1 Å². The molecule has 20 nitrogen and oxygen atoms in total. The molecule has 1 fully saturated rings. The summed E-state index contributed by atoms with van der Waals surface area (Å²) in [4.78, 5) is 64.4. The van der Waals surface area contributed by atoms with Crippen molar-refractivity contribution in [2.45, 2.75) is 190 Å². The maximum absolute atomic E-state index is 13.3. The number of aliphatic hydroxyl groups excluding tert-OH is 9. The molecule has 0 spiro atoms. The van der Waals surface area contributed by atoms with Gasteiger partial charge in [-0.1, -0.05) is 106 Å². The van der Waals surface area contributed by atoms with Gasteiger partial charge in [-0.3, -0.25) is 24.0 Å². The molecule has 0 aliphatic carbocycles. The number of allylic oxidation sites excluding steroid dienone is 12. The van der Waals surface area contributed by atoms with Gasteiger partial charge in [0.2, 0.25) is 0 Å². The van der Waals surface area contributed by atoms with Gasteiger partial charge in [0.1, 0.15) is 29.7 Å². The predicted octanol–water partition coefficient (Wildman–Crippen LogP) is 3.40. The summed E-state index contributed by atoms with van der Waals surface area (Å²) in [5.74, 6) is -6.71. The number of cyclic esters (lactones) is 1. The Morgan fingerprint density at radius 2 is 1.23 bits per heavy atom. The first-order chi connectivity index (χ1) is 37.4. The van der Waals surface area contributed by atoms with Crippen LogP contribution in [0.3, 0.4) is 0 Å². The summed E-state index contributed by atoms with van der Waals surface area (Å²) in [6, 6.07) is 5.27. The minimum atomic E-state index is -1.95. The van der Waals surface area contributed by atoms with Gasteiger partial charge in [0.05, 0.1) is 73.5 Å². The van der Waals surface area contributed by atoms with E-state index in [2.05, 4.69) is 0 Å². The molecule has 0 radical (unpaired) electrons. The van der Waals surface area contributed by atoms with E-state index in [9.17, 15) is 75.0 Å². The number of nitrogens with two attached hydrogens (primary N) is 2. The van der Waals surface area contributed by atoms with E-state index in [-0.39, 0.29) is 68.5 Å². The Hall–Kier alpha value is -5.33. The van der Waals surface area contributed by atoms with Crippen molar-refractivity contribution in [1.82, 2.24) is 0 Å². The van der Waals surface area contributed by atoms with E-state index in [0.717, 1.165) is 0 Å². The minimum absolute atomic E-state index is 0.0526. The van der Waals surface area contributed by atoms with E-state index in [4.69, 9.17) is 25.7 Å². The second kappa shape index (κ2) is 35.4. The Bertz CT molecular complexity index is 2260. The molecular formula is C59H86N2O18. The molecule has 0 saturated carbocycles. The summed E-state index contributed by atoms with van der Waals surface area (Å²) in [7, 11) is 0. The van der Waals surface area contributed by atoms with E-state index >= 15 is 0 Å². The van der Waals surface area contributed by atoms with E-state index in [1.54, 1.807) is 91.1 Å². The number of hydrogen-bond acceptors (Lipinski definition) is 19. The number of hydrogen-bond donors (Lipinski definition) is 12. The lowest BCUT2D eigenvalue weighted by Crippen LogP contribution is -2.61. The summed E-state index contributed by atoms with van der Waals surface area (Å²) in [5, 5.41) is 107. The largest absolute Gasteiger partial charge is 0.481 e. The number of Topliss-reactive ketones (excluding diaryl/α,β-unsaturated/α-hetero) is 3. The molecule has 18 unspecified atom stereocenters. The molecule has 2 aliphatic heterocycles. The summed E-state index contributed by atoms with van der Waals surface area (Å²) in [6.45, 7) is 7.08. The van der Waals surface area contributed by atoms with Crippen LogP contribution in [0.15, 0.2) is 109 Å². The van der Waals surface area contributed by atoms with Crippen LogP contribution < -0.4 is 11.5 Å². The number of carbonyl (C=O) groups is 5. The summed E-state index contributed by atoms with van der Waals surface area (Å²) < 4.78 is 17.6. The van der Waals surface area contributed by atoms with Crippen molar-refractivity contribution in [3.05, 3.63) is 115 Å². The number of ether oxygens (including phenoxy) is 3. The zero-order valence-corrected chi connectivity index (χ0v) is 45.7. The maximum Gasteiger partial charge on any atom is 0.311 e. The molecule has 2 aliphatic rings. The number of anilines is 1. The molecule has 0 bridgehead atoms. The highest BCUT2D eigenvalue weighted by Gasteiger charge is 2.43. The molecule has 3 rings (SSSR count).